The number of nitrogens with zero attached hydrogens (tertiary/aromatic N) is 1. The monoisotopic (exact) mass is 512 g/mol. The van der Waals surface area contributed by atoms with E-state index in [4.69, 9.17) is 20.3 Å². The normalized spacial score (nSPS) is 13.3. The van der Waals surface area contributed by atoms with Crippen LogP contribution in [0.1, 0.15) is 46.9 Å². The standard InChI is InChI=1S/C30H29FN4O3/c1-19(22-9-11-26(31)12-10-22)35-28(36)24-15-23(16-25(17-24)29-34-13-14-37-29)27(32)38-20(2)30(3,33)18-21-7-5-4-6-8-21/h4-17,19,32H,2,18,33H2,1,3H3,(H,35,36)/t19-,30-/m1/s1. The topological polar surface area (TPSA) is 114 Å². The van der Waals surface area contributed by atoms with Crippen LogP contribution in [0.5, 0.6) is 0 Å². The third kappa shape index (κ3) is 6.41. The van der Waals surface area contributed by atoms with E-state index in [9.17, 15) is 9.18 Å². The largest absolute Gasteiger partial charge is 0.445 e. The van der Waals surface area contributed by atoms with E-state index in [0.29, 0.717) is 17.5 Å². The highest BCUT2D eigenvalue weighted by atomic mass is 19.1. The molecule has 8 heteroatoms. The minimum atomic E-state index is -0.946. The second-order valence-electron chi connectivity index (χ2n) is 9.32. The number of halogens is 1. The fourth-order valence-electron chi connectivity index (χ4n) is 3.91. The molecule has 3 aromatic carbocycles. The Morgan fingerprint density at radius 1 is 1.16 bits per heavy atom. The lowest BCUT2D eigenvalue weighted by Crippen LogP contribution is -2.41. The van der Waals surface area contributed by atoms with Gasteiger partial charge in [0.05, 0.1) is 17.8 Å². The van der Waals surface area contributed by atoms with E-state index >= 15 is 0 Å². The Hall–Kier alpha value is -4.56. The maximum atomic E-state index is 13.3. The number of aromatic nitrogens is 1. The number of nitrogens with two attached hydrogens (primary N) is 1. The molecule has 7 nitrogen and oxygen atoms in total. The summed E-state index contributed by atoms with van der Waals surface area (Å²) in [6, 6.07) is 20.0. The van der Waals surface area contributed by atoms with Gasteiger partial charge in [0.25, 0.3) is 5.91 Å². The molecule has 0 unspecified atom stereocenters. The Morgan fingerprint density at radius 2 is 1.84 bits per heavy atom. The van der Waals surface area contributed by atoms with Crippen molar-refractivity contribution in [1.82, 2.24) is 10.3 Å². The highest BCUT2D eigenvalue weighted by Gasteiger charge is 2.27. The van der Waals surface area contributed by atoms with Crippen LogP contribution in [0.25, 0.3) is 11.5 Å². The van der Waals surface area contributed by atoms with Gasteiger partial charge in [-0.3, -0.25) is 10.2 Å². The fraction of sp³-hybridized carbons (Fsp3) is 0.167. The fourth-order valence-corrected chi connectivity index (χ4v) is 3.91. The smallest absolute Gasteiger partial charge is 0.251 e. The van der Waals surface area contributed by atoms with E-state index in [1.54, 1.807) is 44.2 Å². The quantitative estimate of drug-likeness (QED) is 0.149. The Kier molecular flexibility index (Phi) is 7.83. The summed E-state index contributed by atoms with van der Waals surface area (Å²) in [5.74, 6) is -0.478. The van der Waals surface area contributed by atoms with E-state index in [1.807, 2.05) is 30.3 Å². The molecule has 2 atom stereocenters. The summed E-state index contributed by atoms with van der Waals surface area (Å²) in [5, 5.41) is 11.5. The zero-order valence-corrected chi connectivity index (χ0v) is 21.2. The maximum absolute atomic E-state index is 13.3. The van der Waals surface area contributed by atoms with Gasteiger partial charge in [-0.25, -0.2) is 9.37 Å². The van der Waals surface area contributed by atoms with Crippen molar-refractivity contribution in [2.45, 2.75) is 31.8 Å². The summed E-state index contributed by atoms with van der Waals surface area (Å²) in [4.78, 5) is 17.4. The van der Waals surface area contributed by atoms with Gasteiger partial charge in [-0.05, 0) is 61.7 Å². The van der Waals surface area contributed by atoms with Crippen LogP contribution in [-0.4, -0.2) is 22.3 Å². The summed E-state index contributed by atoms with van der Waals surface area (Å²) in [7, 11) is 0. The molecule has 1 aromatic heterocycles. The first-order chi connectivity index (χ1) is 18.1. The van der Waals surface area contributed by atoms with Crippen LogP contribution in [0.15, 0.2) is 102 Å². The van der Waals surface area contributed by atoms with Crippen LogP contribution in [0, 0.1) is 11.2 Å². The Morgan fingerprint density at radius 3 is 2.50 bits per heavy atom. The average Bonchev–Trinajstić information content (AvgIpc) is 3.44. The molecule has 0 spiro atoms. The average molecular weight is 513 g/mol. The summed E-state index contributed by atoms with van der Waals surface area (Å²) in [6.07, 6.45) is 3.38. The number of hydrogen-bond donors (Lipinski definition) is 3. The Balaban J connectivity index is 1.56. The molecule has 0 bridgehead atoms. The molecule has 0 aliphatic heterocycles. The third-order valence-electron chi connectivity index (χ3n) is 6.13. The molecule has 0 radical (unpaired) electrons. The number of hydrogen-bond acceptors (Lipinski definition) is 6. The van der Waals surface area contributed by atoms with Gasteiger partial charge in [0, 0.05) is 16.7 Å². The minimum absolute atomic E-state index is 0.212. The first kappa shape index (κ1) is 26.5. The van der Waals surface area contributed by atoms with Crippen molar-refractivity contribution in [3.05, 3.63) is 126 Å². The van der Waals surface area contributed by atoms with E-state index in [2.05, 4.69) is 16.9 Å². The molecule has 0 aliphatic rings. The molecule has 4 N–H and O–H groups in total. The number of benzene rings is 3. The molecular weight excluding hydrogens is 483 g/mol. The molecule has 194 valence electrons. The van der Waals surface area contributed by atoms with Gasteiger partial charge in [-0.1, -0.05) is 49.0 Å². The van der Waals surface area contributed by atoms with E-state index in [1.165, 1.54) is 24.6 Å². The SMILES string of the molecule is C=C(OC(=N)c1cc(C(=O)N[C@H](C)c2ccc(F)cc2)cc(-c2ncco2)c1)[C@](C)(N)Cc1ccccc1. The van der Waals surface area contributed by atoms with Gasteiger partial charge in [-0.15, -0.1) is 0 Å². The van der Waals surface area contributed by atoms with E-state index < -0.39 is 11.4 Å². The molecule has 4 rings (SSSR count). The number of nitrogens with one attached hydrogen (secondary N) is 2. The zero-order valence-electron chi connectivity index (χ0n) is 21.2. The number of rotatable bonds is 9. The molecule has 1 heterocycles. The second kappa shape index (κ2) is 11.2. The molecule has 0 saturated heterocycles. The van der Waals surface area contributed by atoms with Gasteiger partial charge < -0.3 is 20.2 Å². The van der Waals surface area contributed by atoms with Gasteiger partial charge in [0.15, 0.2) is 0 Å². The predicted octanol–water partition coefficient (Wildman–Crippen LogP) is 5.79. The number of carbonyl (C=O) groups excluding carboxylic acids is 1. The van der Waals surface area contributed by atoms with Crippen LogP contribution in [0.2, 0.25) is 0 Å². The minimum Gasteiger partial charge on any atom is -0.445 e. The van der Waals surface area contributed by atoms with Crippen molar-refractivity contribution in [3.63, 3.8) is 0 Å². The zero-order chi connectivity index (χ0) is 27.3. The first-order valence-corrected chi connectivity index (χ1v) is 12.0. The maximum Gasteiger partial charge on any atom is 0.251 e. The molecule has 1 amide bonds. The van der Waals surface area contributed by atoms with Gasteiger partial charge >= 0.3 is 0 Å². The van der Waals surface area contributed by atoms with Crippen LogP contribution >= 0.6 is 0 Å². The van der Waals surface area contributed by atoms with Crippen molar-refractivity contribution in [2.75, 3.05) is 0 Å². The van der Waals surface area contributed by atoms with Crippen molar-refractivity contribution in [2.24, 2.45) is 5.73 Å². The van der Waals surface area contributed by atoms with Crippen LogP contribution in [0.3, 0.4) is 0 Å². The summed E-state index contributed by atoms with van der Waals surface area (Å²) >= 11 is 0. The Labute approximate surface area is 220 Å². The van der Waals surface area contributed by atoms with Gasteiger partial charge in [0.1, 0.15) is 17.8 Å². The third-order valence-corrected chi connectivity index (χ3v) is 6.13. The molecule has 0 saturated carbocycles. The highest BCUT2D eigenvalue weighted by Crippen LogP contribution is 2.25. The van der Waals surface area contributed by atoms with Crippen molar-refractivity contribution >= 4 is 11.8 Å². The lowest BCUT2D eigenvalue weighted by atomic mass is 9.92. The van der Waals surface area contributed by atoms with Crippen LogP contribution in [-0.2, 0) is 11.2 Å². The first-order valence-electron chi connectivity index (χ1n) is 12.0. The van der Waals surface area contributed by atoms with E-state index in [-0.39, 0.29) is 35.0 Å². The van der Waals surface area contributed by atoms with Gasteiger partial charge in [0.2, 0.25) is 11.8 Å². The lowest BCUT2D eigenvalue weighted by Gasteiger charge is -2.27. The highest BCUT2D eigenvalue weighted by molar-refractivity contribution is 6.00. The van der Waals surface area contributed by atoms with Gasteiger partial charge in [-0.2, -0.15) is 0 Å². The Bertz CT molecular complexity index is 1430. The summed E-state index contributed by atoms with van der Waals surface area (Å²) in [5.41, 5.74) is 8.37. The molecule has 0 fully saturated rings. The molecule has 38 heavy (non-hydrogen) atoms. The second-order valence-corrected chi connectivity index (χ2v) is 9.32. The van der Waals surface area contributed by atoms with Crippen molar-refractivity contribution < 1.29 is 18.3 Å². The van der Waals surface area contributed by atoms with Crippen LogP contribution in [0.4, 0.5) is 4.39 Å². The van der Waals surface area contributed by atoms with E-state index in [0.717, 1.165) is 11.1 Å². The summed E-state index contributed by atoms with van der Waals surface area (Å²) < 4.78 is 24.5. The predicted molar refractivity (Wildman–Crippen MR) is 144 cm³/mol. The molecular formula is C30H29FN4O3. The molecule has 0 aliphatic carbocycles. The molecule has 4 aromatic rings. The van der Waals surface area contributed by atoms with Crippen molar-refractivity contribution in [3.8, 4) is 11.5 Å². The van der Waals surface area contributed by atoms with Crippen molar-refractivity contribution in [1.29, 1.82) is 5.41 Å². The summed E-state index contributed by atoms with van der Waals surface area (Å²) in [6.45, 7) is 7.56. The number of oxazole rings is 1. The van der Waals surface area contributed by atoms with Crippen LogP contribution < -0.4 is 11.1 Å². The number of ether oxygens (including phenoxy) is 1. The number of amides is 1. The number of carbonyl (C=O) groups is 1. The lowest BCUT2D eigenvalue weighted by molar-refractivity contribution is 0.0940.